The summed E-state index contributed by atoms with van der Waals surface area (Å²) >= 11 is 0. The molecule has 1 rings (SSSR count). The minimum atomic E-state index is -0.590. The van der Waals surface area contributed by atoms with Crippen LogP contribution in [0, 0.1) is 5.92 Å². The topological polar surface area (TPSA) is 74.4 Å². The van der Waals surface area contributed by atoms with Gasteiger partial charge in [-0.2, -0.15) is 4.99 Å². The van der Waals surface area contributed by atoms with Gasteiger partial charge in [0.05, 0.1) is 6.10 Å². The molecule has 2 amide bonds. The van der Waals surface area contributed by atoms with Crippen LogP contribution in [-0.2, 0) is 0 Å². The third-order valence-electron chi connectivity index (χ3n) is 1.58. The van der Waals surface area contributed by atoms with Gasteiger partial charge in [-0.1, -0.05) is 12.0 Å². The van der Waals surface area contributed by atoms with E-state index in [1.165, 1.54) is 0 Å². The van der Waals surface area contributed by atoms with Crippen LogP contribution in [0.5, 0.6) is 0 Å². The van der Waals surface area contributed by atoms with Crippen LogP contribution in [0.4, 0.5) is 4.79 Å². The minimum Gasteiger partial charge on any atom is -0.393 e. The Kier molecular flexibility index (Phi) is 2.09. The number of aliphatic imine (C=N–C) groups is 1. The lowest BCUT2D eigenvalue weighted by molar-refractivity contribution is 0.164. The van der Waals surface area contributed by atoms with Gasteiger partial charge in [0.1, 0.15) is 0 Å². The molecule has 0 fully saturated rings. The molecule has 0 spiro atoms. The Bertz CT molecular complexity index is 232. The molecule has 1 N–H and O–H groups in total. The van der Waals surface area contributed by atoms with Gasteiger partial charge in [-0.05, 0) is 6.92 Å². The Morgan fingerprint density at radius 1 is 1.36 bits per heavy atom. The second-order valence-corrected chi connectivity index (χ2v) is 2.48. The van der Waals surface area contributed by atoms with E-state index in [4.69, 9.17) is 5.11 Å². The number of aliphatic hydroxyl groups excluding tert-OH is 1. The van der Waals surface area contributed by atoms with Crippen molar-refractivity contribution in [1.82, 2.24) is 0 Å². The van der Waals surface area contributed by atoms with Crippen LogP contribution >= 0.6 is 0 Å². The van der Waals surface area contributed by atoms with E-state index in [2.05, 4.69) is 15.2 Å². The zero-order valence-electron chi connectivity index (χ0n) is 6.35. The molecule has 5 heteroatoms. The van der Waals surface area contributed by atoms with E-state index in [1.807, 2.05) is 0 Å². The highest BCUT2D eigenvalue weighted by Crippen LogP contribution is 2.11. The summed E-state index contributed by atoms with van der Waals surface area (Å²) in [6, 6.07) is -0.590. The molecule has 0 aliphatic carbocycles. The van der Waals surface area contributed by atoms with Gasteiger partial charge in [-0.3, -0.25) is 0 Å². The van der Waals surface area contributed by atoms with Gasteiger partial charge in [0.2, 0.25) is 0 Å². The highest BCUT2D eigenvalue weighted by atomic mass is 16.3. The van der Waals surface area contributed by atoms with Crippen LogP contribution in [0.2, 0.25) is 0 Å². The zero-order chi connectivity index (χ0) is 8.43. The fourth-order valence-corrected chi connectivity index (χ4v) is 0.645. The van der Waals surface area contributed by atoms with Gasteiger partial charge >= 0.3 is 6.03 Å². The Morgan fingerprint density at radius 2 is 2.00 bits per heavy atom. The number of urea groups is 1. The van der Waals surface area contributed by atoms with Gasteiger partial charge in [-0.15, -0.1) is 5.11 Å². The molecule has 1 aliphatic heterocycles. The summed E-state index contributed by atoms with van der Waals surface area (Å²) in [5.41, 5.74) is 0. The molecule has 2 unspecified atom stereocenters. The molecule has 0 aromatic rings. The molecule has 0 aromatic heterocycles. The van der Waals surface area contributed by atoms with Crippen molar-refractivity contribution < 1.29 is 9.90 Å². The SMILES string of the molecule is CC(O)C(C)C1=NC(=O)N=N1. The third kappa shape index (κ3) is 1.68. The lowest BCUT2D eigenvalue weighted by Gasteiger charge is -2.09. The average molecular weight is 155 g/mol. The first kappa shape index (κ1) is 8.00. The maximum Gasteiger partial charge on any atom is 0.387 e. The van der Waals surface area contributed by atoms with Gasteiger partial charge in [0, 0.05) is 5.92 Å². The van der Waals surface area contributed by atoms with E-state index in [9.17, 15) is 4.79 Å². The zero-order valence-corrected chi connectivity index (χ0v) is 6.35. The molecule has 2 atom stereocenters. The summed E-state index contributed by atoms with van der Waals surface area (Å²) in [5, 5.41) is 15.8. The van der Waals surface area contributed by atoms with Crippen molar-refractivity contribution in [2.75, 3.05) is 0 Å². The number of hydrogen-bond donors (Lipinski definition) is 1. The van der Waals surface area contributed by atoms with Crippen molar-refractivity contribution in [2.45, 2.75) is 20.0 Å². The lowest BCUT2D eigenvalue weighted by atomic mass is 10.1. The van der Waals surface area contributed by atoms with Crippen LogP contribution < -0.4 is 0 Å². The fraction of sp³-hybridized carbons (Fsp3) is 0.667. The molecule has 1 heterocycles. The molecule has 0 aromatic carbocycles. The number of amides is 2. The highest BCUT2D eigenvalue weighted by Gasteiger charge is 2.20. The third-order valence-corrected chi connectivity index (χ3v) is 1.58. The standard InChI is InChI=1S/C6H9N3O2/c1-3(4(2)10)5-7-6(11)9-8-5/h3-4,10H,1-2H3. The van der Waals surface area contributed by atoms with Gasteiger partial charge < -0.3 is 5.11 Å². The minimum absolute atomic E-state index is 0.231. The second-order valence-electron chi connectivity index (χ2n) is 2.48. The molecule has 5 nitrogen and oxygen atoms in total. The van der Waals surface area contributed by atoms with Crippen LogP contribution in [0.3, 0.4) is 0 Å². The molecular formula is C6H9N3O2. The predicted octanol–water partition coefficient (Wildman–Crippen LogP) is 0.988. The molecule has 0 saturated heterocycles. The average Bonchev–Trinajstić information content (AvgIpc) is 2.34. The van der Waals surface area contributed by atoms with Crippen molar-refractivity contribution in [1.29, 1.82) is 0 Å². The highest BCUT2D eigenvalue weighted by molar-refractivity contribution is 5.99. The monoisotopic (exact) mass is 155 g/mol. The number of rotatable bonds is 2. The first-order chi connectivity index (χ1) is 5.11. The maximum atomic E-state index is 10.5. The van der Waals surface area contributed by atoms with Crippen molar-refractivity contribution >= 4 is 11.9 Å². The number of hydrogen-bond acceptors (Lipinski definition) is 3. The molecule has 0 bridgehead atoms. The summed E-state index contributed by atoms with van der Waals surface area (Å²) < 4.78 is 0. The Hall–Kier alpha value is -1.10. The normalized spacial score (nSPS) is 21.7. The van der Waals surface area contributed by atoms with Crippen molar-refractivity contribution in [3.8, 4) is 0 Å². The quantitative estimate of drug-likeness (QED) is 0.645. The number of aliphatic hydroxyl groups is 1. The van der Waals surface area contributed by atoms with Crippen LogP contribution in [0.1, 0.15) is 13.8 Å². The Balaban J connectivity index is 2.70. The molecule has 0 saturated carbocycles. The van der Waals surface area contributed by atoms with E-state index < -0.39 is 12.1 Å². The summed E-state index contributed by atoms with van der Waals surface area (Å²) in [6.45, 7) is 3.35. The summed E-state index contributed by atoms with van der Waals surface area (Å²) in [7, 11) is 0. The van der Waals surface area contributed by atoms with E-state index in [-0.39, 0.29) is 5.92 Å². The summed E-state index contributed by atoms with van der Waals surface area (Å²) in [5.74, 6) is 0.0789. The summed E-state index contributed by atoms with van der Waals surface area (Å²) in [4.78, 5) is 13.9. The molecule has 0 radical (unpaired) electrons. The van der Waals surface area contributed by atoms with Crippen molar-refractivity contribution in [3.63, 3.8) is 0 Å². The van der Waals surface area contributed by atoms with Crippen molar-refractivity contribution in [2.24, 2.45) is 21.1 Å². The predicted molar refractivity (Wildman–Crippen MR) is 38.5 cm³/mol. The molecular weight excluding hydrogens is 146 g/mol. The van der Waals surface area contributed by atoms with E-state index in [0.717, 1.165) is 0 Å². The summed E-state index contributed by atoms with van der Waals surface area (Å²) in [6.07, 6.45) is -0.557. The fourth-order valence-electron chi connectivity index (χ4n) is 0.645. The van der Waals surface area contributed by atoms with Crippen LogP contribution in [0.15, 0.2) is 15.2 Å². The van der Waals surface area contributed by atoms with Gasteiger partial charge in [0.25, 0.3) is 0 Å². The number of amidine groups is 1. The van der Waals surface area contributed by atoms with Crippen molar-refractivity contribution in [3.05, 3.63) is 0 Å². The smallest absolute Gasteiger partial charge is 0.387 e. The number of carbonyl (C=O) groups excluding carboxylic acids is 1. The second kappa shape index (κ2) is 2.87. The molecule has 60 valence electrons. The van der Waals surface area contributed by atoms with E-state index in [1.54, 1.807) is 13.8 Å². The molecule has 11 heavy (non-hydrogen) atoms. The van der Waals surface area contributed by atoms with Crippen LogP contribution in [0.25, 0.3) is 0 Å². The first-order valence-electron chi connectivity index (χ1n) is 3.33. The number of azo groups is 1. The Morgan fingerprint density at radius 3 is 2.36 bits per heavy atom. The first-order valence-corrected chi connectivity index (χ1v) is 3.33. The van der Waals surface area contributed by atoms with Gasteiger partial charge in [0.15, 0.2) is 5.84 Å². The lowest BCUT2D eigenvalue weighted by Crippen LogP contribution is -2.20. The van der Waals surface area contributed by atoms with Crippen LogP contribution in [-0.4, -0.2) is 23.1 Å². The van der Waals surface area contributed by atoms with E-state index >= 15 is 0 Å². The van der Waals surface area contributed by atoms with Gasteiger partial charge in [-0.25, -0.2) is 4.79 Å². The number of carbonyl (C=O) groups is 1. The van der Waals surface area contributed by atoms with E-state index in [0.29, 0.717) is 5.84 Å². The number of nitrogens with zero attached hydrogens (tertiary/aromatic N) is 3. The molecule has 1 aliphatic rings. The maximum absolute atomic E-state index is 10.5. The Labute approximate surface area is 63.9 Å². The largest absolute Gasteiger partial charge is 0.393 e.